The third-order valence-electron chi connectivity index (χ3n) is 7.99. The fourth-order valence-electron chi connectivity index (χ4n) is 5.58. The number of piperidine rings is 1. The Morgan fingerprint density at radius 2 is 2.00 bits per heavy atom. The van der Waals surface area contributed by atoms with Gasteiger partial charge in [0, 0.05) is 23.9 Å². The summed E-state index contributed by atoms with van der Waals surface area (Å²) in [5.41, 5.74) is 3.51. The van der Waals surface area contributed by atoms with Crippen LogP contribution in [0.15, 0.2) is 54.7 Å². The number of carbonyl (C=O) groups is 1. The molecule has 2 aliphatic heterocycles. The van der Waals surface area contributed by atoms with Gasteiger partial charge in [-0.2, -0.15) is 5.26 Å². The summed E-state index contributed by atoms with van der Waals surface area (Å²) in [5, 5.41) is 18.5. The molecule has 2 saturated heterocycles. The lowest BCUT2D eigenvalue weighted by molar-refractivity contribution is -0.0592. The van der Waals surface area contributed by atoms with Crippen LogP contribution < -0.4 is 4.74 Å². The van der Waals surface area contributed by atoms with Crippen molar-refractivity contribution in [1.82, 2.24) is 19.4 Å². The van der Waals surface area contributed by atoms with Crippen LogP contribution in [0.1, 0.15) is 58.1 Å². The predicted molar refractivity (Wildman–Crippen MR) is 148 cm³/mol. The molecule has 1 atom stereocenters. The van der Waals surface area contributed by atoms with E-state index in [1.54, 1.807) is 36.5 Å². The minimum atomic E-state index is -0.955. The Morgan fingerprint density at radius 1 is 1.17 bits per heavy atom. The lowest BCUT2D eigenvalue weighted by Crippen LogP contribution is -2.35. The maximum Gasteiger partial charge on any atom is 0.335 e. The van der Waals surface area contributed by atoms with E-state index in [1.807, 2.05) is 18.2 Å². The number of halogens is 1. The summed E-state index contributed by atoms with van der Waals surface area (Å²) in [6.07, 6.45) is 4.59. The zero-order valence-corrected chi connectivity index (χ0v) is 22.5. The molecule has 0 amide bonds. The van der Waals surface area contributed by atoms with E-state index in [0.717, 1.165) is 61.4 Å². The van der Waals surface area contributed by atoms with Crippen molar-refractivity contribution in [3.05, 3.63) is 88.6 Å². The zero-order valence-electron chi connectivity index (χ0n) is 22.5. The van der Waals surface area contributed by atoms with E-state index in [2.05, 4.69) is 14.5 Å². The van der Waals surface area contributed by atoms with Crippen molar-refractivity contribution >= 4 is 17.0 Å². The van der Waals surface area contributed by atoms with E-state index in [-0.39, 0.29) is 29.8 Å². The lowest BCUT2D eigenvalue weighted by Gasteiger charge is -2.33. The molecule has 0 bridgehead atoms. The quantitative estimate of drug-likeness (QED) is 0.311. The third-order valence-corrected chi connectivity index (χ3v) is 7.99. The summed E-state index contributed by atoms with van der Waals surface area (Å²) in [4.78, 5) is 23.3. The first-order valence-corrected chi connectivity index (χ1v) is 13.8. The highest BCUT2D eigenvalue weighted by molar-refractivity contribution is 5.92. The van der Waals surface area contributed by atoms with Crippen LogP contribution in [0.3, 0.4) is 0 Å². The predicted octanol–water partition coefficient (Wildman–Crippen LogP) is 4.89. The van der Waals surface area contributed by atoms with Gasteiger partial charge in [0.15, 0.2) is 0 Å². The first-order valence-electron chi connectivity index (χ1n) is 13.8. The van der Waals surface area contributed by atoms with Gasteiger partial charge in [-0.3, -0.25) is 4.90 Å². The number of hydrogen-bond acceptors (Lipinski definition) is 7. The van der Waals surface area contributed by atoms with E-state index >= 15 is 0 Å². The van der Waals surface area contributed by atoms with Crippen LogP contribution in [0.25, 0.3) is 11.0 Å². The fraction of sp³-hybridized carbons (Fsp3) is 0.355. The number of imidazole rings is 1. The van der Waals surface area contributed by atoms with Crippen LogP contribution in [0.5, 0.6) is 5.88 Å². The third kappa shape index (κ3) is 5.78. The number of fused-ring (bicyclic) bond motifs is 1. The van der Waals surface area contributed by atoms with Gasteiger partial charge < -0.3 is 19.1 Å². The molecule has 4 heterocycles. The van der Waals surface area contributed by atoms with Gasteiger partial charge in [-0.1, -0.05) is 12.1 Å². The van der Waals surface area contributed by atoms with Gasteiger partial charge in [0.2, 0.25) is 5.88 Å². The normalized spacial score (nSPS) is 17.7. The summed E-state index contributed by atoms with van der Waals surface area (Å²) in [7, 11) is 0. The molecule has 0 radical (unpaired) electrons. The lowest BCUT2D eigenvalue weighted by atomic mass is 9.90. The summed E-state index contributed by atoms with van der Waals surface area (Å²) >= 11 is 0. The molecule has 2 aliphatic rings. The van der Waals surface area contributed by atoms with Crippen molar-refractivity contribution in [1.29, 1.82) is 5.26 Å². The second-order valence-corrected chi connectivity index (χ2v) is 10.6. The topological polar surface area (TPSA) is 114 Å². The number of carboxylic acid groups (broad SMARTS) is 1. The van der Waals surface area contributed by atoms with Gasteiger partial charge in [0.25, 0.3) is 0 Å². The monoisotopic (exact) mass is 555 g/mol. The molecule has 1 N–H and O–H groups in total. The van der Waals surface area contributed by atoms with E-state index < -0.39 is 11.8 Å². The Bertz CT molecular complexity index is 1620. The molecule has 41 heavy (non-hydrogen) atoms. The summed E-state index contributed by atoms with van der Waals surface area (Å²) in [5.74, 6) is 0.242. The molecule has 6 rings (SSSR count). The molecule has 2 aromatic heterocycles. The standard InChI is InChI=1S/C31H30FN5O4/c32-26-14-20(16-33)3-4-23(26)19-41-30-25(2-1-10-34-30)21-7-11-36(12-8-21)18-29-35-27-6-5-22(31(38)39)15-28(27)37(29)17-24-9-13-40-24/h1-6,10,14-15,21,24H,7-9,11-13,17-19H2,(H,38,39). The van der Waals surface area contributed by atoms with Gasteiger partial charge in [-0.25, -0.2) is 19.2 Å². The molecule has 2 aromatic carbocycles. The molecular formula is C31H30FN5O4. The summed E-state index contributed by atoms with van der Waals surface area (Å²) in [6.45, 7) is 3.81. The highest BCUT2D eigenvalue weighted by Crippen LogP contribution is 2.34. The van der Waals surface area contributed by atoms with Gasteiger partial charge in [-0.15, -0.1) is 0 Å². The van der Waals surface area contributed by atoms with Gasteiger partial charge in [0.1, 0.15) is 18.2 Å². The number of aromatic nitrogens is 3. The fourth-order valence-corrected chi connectivity index (χ4v) is 5.58. The SMILES string of the molecule is N#Cc1ccc(COc2ncccc2C2CCN(Cc3nc4ccc(C(=O)O)cc4n3CC3CCO3)CC2)c(F)c1. The number of aromatic carboxylic acids is 1. The number of rotatable bonds is 9. The Balaban J connectivity index is 1.14. The van der Waals surface area contributed by atoms with Crippen LogP contribution in [0.2, 0.25) is 0 Å². The Kier molecular flexibility index (Phi) is 7.63. The molecule has 9 nitrogen and oxygen atoms in total. The van der Waals surface area contributed by atoms with E-state index in [4.69, 9.17) is 19.7 Å². The largest absolute Gasteiger partial charge is 0.478 e. The number of carboxylic acids is 1. The average molecular weight is 556 g/mol. The van der Waals surface area contributed by atoms with Crippen LogP contribution in [-0.2, 0) is 24.4 Å². The van der Waals surface area contributed by atoms with E-state index in [0.29, 0.717) is 24.5 Å². The number of ether oxygens (including phenoxy) is 2. The maximum absolute atomic E-state index is 14.4. The second kappa shape index (κ2) is 11.6. The summed E-state index contributed by atoms with van der Waals surface area (Å²) < 4.78 is 28.1. The average Bonchev–Trinajstić information content (AvgIpc) is 3.30. The van der Waals surface area contributed by atoms with Gasteiger partial charge in [-0.05, 0) is 74.7 Å². The van der Waals surface area contributed by atoms with Crippen LogP contribution in [-0.4, -0.2) is 56.3 Å². The zero-order chi connectivity index (χ0) is 28.3. The Morgan fingerprint density at radius 3 is 2.71 bits per heavy atom. The van der Waals surface area contributed by atoms with Crippen molar-refractivity contribution in [3.63, 3.8) is 0 Å². The molecule has 2 fully saturated rings. The smallest absolute Gasteiger partial charge is 0.335 e. The van der Waals surface area contributed by atoms with Crippen molar-refractivity contribution < 1.29 is 23.8 Å². The van der Waals surface area contributed by atoms with E-state index in [1.165, 1.54) is 6.07 Å². The van der Waals surface area contributed by atoms with E-state index in [9.17, 15) is 14.3 Å². The first kappa shape index (κ1) is 26.9. The molecule has 4 aromatic rings. The number of likely N-dealkylation sites (tertiary alicyclic amines) is 1. The minimum Gasteiger partial charge on any atom is -0.478 e. The molecule has 0 spiro atoms. The molecule has 0 saturated carbocycles. The molecule has 10 heteroatoms. The molecule has 0 aliphatic carbocycles. The van der Waals surface area contributed by atoms with Crippen molar-refractivity contribution in [2.45, 2.75) is 51.0 Å². The van der Waals surface area contributed by atoms with Crippen molar-refractivity contribution in [3.8, 4) is 11.9 Å². The number of pyridine rings is 1. The van der Waals surface area contributed by atoms with Crippen molar-refractivity contribution in [2.24, 2.45) is 0 Å². The number of benzene rings is 2. The van der Waals surface area contributed by atoms with Crippen molar-refractivity contribution in [2.75, 3.05) is 19.7 Å². The Labute approximate surface area is 236 Å². The molecule has 1 unspecified atom stereocenters. The van der Waals surface area contributed by atoms with Gasteiger partial charge >= 0.3 is 5.97 Å². The number of hydrogen-bond donors (Lipinski definition) is 1. The Hall–Kier alpha value is -4.33. The number of nitriles is 1. The van der Waals surface area contributed by atoms with Gasteiger partial charge in [0.05, 0.1) is 47.4 Å². The maximum atomic E-state index is 14.4. The number of nitrogens with zero attached hydrogens (tertiary/aromatic N) is 5. The molecule has 210 valence electrons. The van der Waals surface area contributed by atoms with Crippen LogP contribution in [0, 0.1) is 17.1 Å². The molecular weight excluding hydrogens is 525 g/mol. The highest BCUT2D eigenvalue weighted by atomic mass is 19.1. The second-order valence-electron chi connectivity index (χ2n) is 10.6. The minimum absolute atomic E-state index is 0.0327. The highest BCUT2D eigenvalue weighted by Gasteiger charge is 2.27. The first-order chi connectivity index (χ1) is 20.0. The van der Waals surface area contributed by atoms with Crippen LogP contribution in [0.4, 0.5) is 4.39 Å². The van der Waals surface area contributed by atoms with Crippen LogP contribution >= 0.6 is 0 Å². The summed E-state index contributed by atoms with van der Waals surface area (Å²) in [6, 6.07) is 15.3.